The van der Waals surface area contributed by atoms with Gasteiger partial charge in [-0.3, -0.25) is 0 Å². The molecule has 0 bridgehead atoms. The molecule has 0 radical (unpaired) electrons. The number of benzene rings is 2. The lowest BCUT2D eigenvalue weighted by atomic mass is 9.89. The molecule has 0 aromatic heterocycles. The molecule has 2 aromatic carbocycles. The van der Waals surface area contributed by atoms with E-state index in [-0.39, 0.29) is 5.82 Å². The minimum atomic E-state index is -0.506. The standard InChI is InChI=1S/C24H29FN2OS/c25-18-9-7-17(8-10-18)22(28)5-2-12-26-14-11-21-20(16-26)19-4-1-6-23-24(19)27(21)13-3-15-29-23/h1,4,6-10,20-22,28H,2-3,5,11-16H2/t20-,21-,22?/m0/s1. The third-order valence-electron chi connectivity index (χ3n) is 6.79. The topological polar surface area (TPSA) is 26.7 Å². The van der Waals surface area contributed by atoms with E-state index in [1.807, 2.05) is 11.8 Å². The van der Waals surface area contributed by atoms with Gasteiger partial charge in [-0.25, -0.2) is 4.39 Å². The molecular formula is C24H29FN2OS. The lowest BCUT2D eigenvalue weighted by Crippen LogP contribution is -2.46. The van der Waals surface area contributed by atoms with Crippen LogP contribution in [0.15, 0.2) is 47.4 Å². The molecule has 1 N–H and O–H groups in total. The van der Waals surface area contributed by atoms with Crippen molar-refractivity contribution in [3.05, 3.63) is 59.4 Å². The maximum Gasteiger partial charge on any atom is 0.123 e. The van der Waals surface area contributed by atoms with Crippen molar-refractivity contribution in [2.45, 2.75) is 48.6 Å². The van der Waals surface area contributed by atoms with E-state index < -0.39 is 6.10 Å². The maximum atomic E-state index is 13.1. The lowest BCUT2D eigenvalue weighted by Gasteiger charge is -2.39. The zero-order chi connectivity index (χ0) is 19.8. The summed E-state index contributed by atoms with van der Waals surface area (Å²) < 4.78 is 13.1. The first-order chi connectivity index (χ1) is 14.2. The second-order valence-corrected chi connectivity index (χ2v) is 9.70. The predicted molar refractivity (Wildman–Crippen MR) is 117 cm³/mol. The van der Waals surface area contributed by atoms with Crippen LogP contribution in [0.1, 0.15) is 48.8 Å². The average Bonchev–Trinajstić information content (AvgIpc) is 2.89. The molecule has 3 heterocycles. The molecule has 154 valence electrons. The minimum Gasteiger partial charge on any atom is -0.388 e. The third-order valence-corrected chi connectivity index (χ3v) is 7.92. The molecule has 1 unspecified atom stereocenters. The van der Waals surface area contributed by atoms with Crippen molar-refractivity contribution in [2.75, 3.05) is 36.8 Å². The molecule has 5 rings (SSSR count). The van der Waals surface area contributed by atoms with Crippen molar-refractivity contribution in [3.8, 4) is 0 Å². The Balaban J connectivity index is 1.21. The van der Waals surface area contributed by atoms with E-state index in [2.05, 4.69) is 28.0 Å². The summed E-state index contributed by atoms with van der Waals surface area (Å²) in [4.78, 5) is 6.77. The molecule has 3 aliphatic heterocycles. The molecule has 3 nitrogen and oxygen atoms in total. The number of likely N-dealkylation sites (tertiary alicyclic amines) is 1. The summed E-state index contributed by atoms with van der Waals surface area (Å²) in [5.41, 5.74) is 3.89. The van der Waals surface area contributed by atoms with Crippen molar-refractivity contribution in [3.63, 3.8) is 0 Å². The van der Waals surface area contributed by atoms with E-state index >= 15 is 0 Å². The molecule has 0 spiro atoms. The molecule has 2 aromatic rings. The van der Waals surface area contributed by atoms with Crippen LogP contribution in [-0.2, 0) is 0 Å². The highest BCUT2D eigenvalue weighted by molar-refractivity contribution is 7.99. The van der Waals surface area contributed by atoms with Crippen molar-refractivity contribution >= 4 is 17.4 Å². The van der Waals surface area contributed by atoms with Gasteiger partial charge in [0.05, 0.1) is 11.8 Å². The van der Waals surface area contributed by atoms with E-state index in [1.165, 1.54) is 47.9 Å². The summed E-state index contributed by atoms with van der Waals surface area (Å²) in [6.07, 6.45) is 3.67. The first-order valence-electron chi connectivity index (χ1n) is 10.9. The van der Waals surface area contributed by atoms with Gasteiger partial charge in [0, 0.05) is 36.5 Å². The van der Waals surface area contributed by atoms with Gasteiger partial charge in [0.15, 0.2) is 0 Å². The van der Waals surface area contributed by atoms with Crippen LogP contribution in [0.2, 0.25) is 0 Å². The maximum absolute atomic E-state index is 13.1. The van der Waals surface area contributed by atoms with Gasteiger partial charge in [0.25, 0.3) is 0 Å². The van der Waals surface area contributed by atoms with Crippen molar-refractivity contribution in [1.29, 1.82) is 0 Å². The quantitative estimate of drug-likeness (QED) is 0.762. The number of thioether (sulfide) groups is 1. The van der Waals surface area contributed by atoms with Crippen molar-refractivity contribution < 1.29 is 9.50 Å². The molecule has 0 saturated carbocycles. The van der Waals surface area contributed by atoms with Crippen LogP contribution < -0.4 is 4.90 Å². The first kappa shape index (κ1) is 19.4. The Hall–Kier alpha value is -1.56. The number of hydrogen-bond acceptors (Lipinski definition) is 4. The molecule has 1 saturated heterocycles. The van der Waals surface area contributed by atoms with E-state index in [0.717, 1.165) is 38.0 Å². The van der Waals surface area contributed by atoms with Crippen LogP contribution in [0.4, 0.5) is 10.1 Å². The Labute approximate surface area is 176 Å². The average molecular weight is 413 g/mol. The summed E-state index contributed by atoms with van der Waals surface area (Å²) >= 11 is 2.02. The zero-order valence-electron chi connectivity index (χ0n) is 16.8. The van der Waals surface area contributed by atoms with Gasteiger partial charge in [-0.05, 0) is 67.3 Å². The van der Waals surface area contributed by atoms with Crippen LogP contribution in [0.3, 0.4) is 0 Å². The Bertz CT molecular complexity index is 858. The van der Waals surface area contributed by atoms with Crippen LogP contribution in [0.25, 0.3) is 0 Å². The Morgan fingerprint density at radius 1 is 1.14 bits per heavy atom. The summed E-state index contributed by atoms with van der Waals surface area (Å²) in [6, 6.07) is 13.8. The number of nitrogens with zero attached hydrogens (tertiary/aromatic N) is 2. The fraction of sp³-hybridized carbons (Fsp3) is 0.500. The molecule has 0 amide bonds. The van der Waals surface area contributed by atoms with E-state index in [1.54, 1.807) is 17.7 Å². The summed E-state index contributed by atoms with van der Waals surface area (Å²) in [5, 5.41) is 10.4. The van der Waals surface area contributed by atoms with Gasteiger partial charge < -0.3 is 14.9 Å². The van der Waals surface area contributed by atoms with Gasteiger partial charge >= 0.3 is 0 Å². The van der Waals surface area contributed by atoms with E-state index in [4.69, 9.17) is 0 Å². The third kappa shape index (κ3) is 3.80. The van der Waals surface area contributed by atoms with E-state index in [9.17, 15) is 9.50 Å². The molecule has 0 aliphatic carbocycles. The Kier molecular flexibility index (Phi) is 5.55. The lowest BCUT2D eigenvalue weighted by molar-refractivity contribution is 0.144. The second kappa shape index (κ2) is 8.29. The van der Waals surface area contributed by atoms with Gasteiger partial charge in [-0.2, -0.15) is 0 Å². The molecule has 1 fully saturated rings. The van der Waals surface area contributed by atoms with Crippen LogP contribution in [0, 0.1) is 5.82 Å². The number of fused-ring (bicyclic) bond motifs is 3. The number of hydrogen-bond donors (Lipinski definition) is 1. The Morgan fingerprint density at radius 2 is 2.00 bits per heavy atom. The highest BCUT2D eigenvalue weighted by Crippen LogP contribution is 2.50. The second-order valence-electron chi connectivity index (χ2n) is 8.56. The van der Waals surface area contributed by atoms with Gasteiger partial charge in [-0.1, -0.05) is 24.3 Å². The van der Waals surface area contributed by atoms with Gasteiger partial charge in [0.1, 0.15) is 5.82 Å². The summed E-state index contributed by atoms with van der Waals surface area (Å²) in [7, 11) is 0. The predicted octanol–water partition coefficient (Wildman–Crippen LogP) is 4.81. The molecule has 3 atom stereocenters. The number of aliphatic hydroxyl groups excluding tert-OH is 1. The molecule has 3 aliphatic rings. The van der Waals surface area contributed by atoms with Gasteiger partial charge in [-0.15, -0.1) is 11.8 Å². The number of piperidine rings is 1. The minimum absolute atomic E-state index is 0.254. The molecular weight excluding hydrogens is 383 g/mol. The highest BCUT2D eigenvalue weighted by atomic mass is 32.2. The smallest absolute Gasteiger partial charge is 0.123 e. The number of halogens is 1. The first-order valence-corrected chi connectivity index (χ1v) is 11.9. The van der Waals surface area contributed by atoms with Crippen molar-refractivity contribution in [2.24, 2.45) is 0 Å². The zero-order valence-corrected chi connectivity index (χ0v) is 17.6. The molecule has 5 heteroatoms. The number of aliphatic hydroxyl groups is 1. The molecule has 29 heavy (non-hydrogen) atoms. The summed E-state index contributed by atoms with van der Waals surface area (Å²) in [6.45, 7) is 4.48. The summed E-state index contributed by atoms with van der Waals surface area (Å²) in [5.74, 6) is 1.59. The fourth-order valence-electron chi connectivity index (χ4n) is 5.37. The van der Waals surface area contributed by atoms with Crippen LogP contribution >= 0.6 is 11.8 Å². The highest BCUT2D eigenvalue weighted by Gasteiger charge is 2.43. The Morgan fingerprint density at radius 3 is 2.86 bits per heavy atom. The number of anilines is 1. The largest absolute Gasteiger partial charge is 0.388 e. The number of para-hydroxylation sites is 1. The fourth-order valence-corrected chi connectivity index (χ4v) is 6.41. The van der Waals surface area contributed by atoms with Crippen LogP contribution in [0.5, 0.6) is 0 Å². The van der Waals surface area contributed by atoms with Gasteiger partial charge in [0.2, 0.25) is 0 Å². The SMILES string of the molecule is OC(CCCN1CC[C@H]2[C@@H](C1)c1cccc3c1N2CCCS3)c1ccc(F)cc1. The van der Waals surface area contributed by atoms with E-state index in [0.29, 0.717) is 12.0 Å². The van der Waals surface area contributed by atoms with Crippen molar-refractivity contribution in [1.82, 2.24) is 4.90 Å². The number of rotatable bonds is 5. The monoisotopic (exact) mass is 412 g/mol. The van der Waals surface area contributed by atoms with Crippen LogP contribution in [-0.4, -0.2) is 48.0 Å². The normalized spacial score (nSPS) is 24.7.